The molecular formula is C24H36F6O3. The minimum absolute atomic E-state index is 0.0341. The molecule has 3 nitrogen and oxygen atoms in total. The van der Waals surface area contributed by atoms with Crippen LogP contribution in [0, 0.1) is 22.7 Å². The second-order valence-electron chi connectivity index (χ2n) is 10.2. The van der Waals surface area contributed by atoms with Crippen molar-refractivity contribution in [1.82, 2.24) is 0 Å². The number of carbonyl (C=O) groups is 1. The maximum atomic E-state index is 13.2. The number of alkyl halides is 6. The van der Waals surface area contributed by atoms with Crippen LogP contribution in [0.15, 0.2) is 12.2 Å². The number of hydrogen-bond donors (Lipinski definition) is 2. The van der Waals surface area contributed by atoms with Crippen molar-refractivity contribution in [2.45, 2.75) is 109 Å². The quantitative estimate of drug-likeness (QED) is 0.300. The van der Waals surface area contributed by atoms with Crippen LogP contribution in [0.1, 0.15) is 93.6 Å². The van der Waals surface area contributed by atoms with E-state index in [1.807, 2.05) is 6.92 Å². The summed E-state index contributed by atoms with van der Waals surface area (Å²) in [6.45, 7) is -3.12. The van der Waals surface area contributed by atoms with Crippen LogP contribution >= 0.6 is 0 Å². The Bertz CT molecular complexity index is 901. The highest BCUT2D eigenvalue weighted by atomic mass is 19.4. The Morgan fingerprint density at radius 2 is 1.70 bits per heavy atom. The largest absolute Gasteiger partial charge is 0.429 e. The van der Waals surface area contributed by atoms with Gasteiger partial charge in [0.1, 0.15) is 5.78 Å². The molecule has 0 bridgehead atoms. The standard InChI is InChI=1S/C24H36F6O3/c1-19(2,32)11-6-12-20(3,13-7-15-22(33,23(25,26)27)24(28,29)30)18-10-9-16-17(31)8-5-14-21(16,18)4/h7,15-16,18,32-33H,5-6,8-14H2,1-4H3/t16?,18-,20-,21+/m1/s1/i1D3,2D3. The summed E-state index contributed by atoms with van der Waals surface area (Å²) in [7, 11) is 0. The molecule has 0 saturated heterocycles. The van der Waals surface area contributed by atoms with Gasteiger partial charge in [0.2, 0.25) is 0 Å². The van der Waals surface area contributed by atoms with Crippen LogP contribution in [0.4, 0.5) is 26.3 Å². The molecule has 0 heterocycles. The number of aliphatic hydroxyl groups is 2. The van der Waals surface area contributed by atoms with Gasteiger partial charge in [-0.05, 0) is 81.5 Å². The van der Waals surface area contributed by atoms with Crippen molar-refractivity contribution in [2.24, 2.45) is 22.7 Å². The first-order valence-electron chi connectivity index (χ1n) is 14.1. The monoisotopic (exact) mass is 492 g/mol. The first kappa shape index (κ1) is 20.1. The highest BCUT2D eigenvalue weighted by molar-refractivity contribution is 5.83. The van der Waals surface area contributed by atoms with Crippen molar-refractivity contribution in [2.75, 3.05) is 0 Å². The molecule has 2 rings (SSSR count). The number of allylic oxidation sites excluding steroid dienone is 1. The van der Waals surface area contributed by atoms with Crippen LogP contribution in [-0.2, 0) is 4.79 Å². The van der Waals surface area contributed by atoms with Crippen molar-refractivity contribution < 1.29 is 49.6 Å². The van der Waals surface area contributed by atoms with Gasteiger partial charge in [0, 0.05) is 20.6 Å². The fraction of sp³-hybridized carbons (Fsp3) is 0.875. The highest BCUT2D eigenvalue weighted by Crippen LogP contribution is 2.61. The van der Waals surface area contributed by atoms with E-state index in [0.717, 1.165) is 0 Å². The van der Waals surface area contributed by atoms with Gasteiger partial charge in [-0.15, -0.1) is 0 Å². The molecule has 1 unspecified atom stereocenters. The molecule has 0 amide bonds. The summed E-state index contributed by atoms with van der Waals surface area (Å²) in [5.41, 5.74) is -9.90. The molecular weight excluding hydrogens is 450 g/mol. The lowest BCUT2D eigenvalue weighted by atomic mass is 9.56. The van der Waals surface area contributed by atoms with Crippen molar-refractivity contribution in [3.05, 3.63) is 12.2 Å². The average molecular weight is 493 g/mol. The van der Waals surface area contributed by atoms with Crippen molar-refractivity contribution in [3.8, 4) is 0 Å². The van der Waals surface area contributed by atoms with Gasteiger partial charge in [-0.3, -0.25) is 4.79 Å². The third-order valence-corrected chi connectivity index (χ3v) is 7.80. The van der Waals surface area contributed by atoms with Gasteiger partial charge < -0.3 is 10.2 Å². The molecule has 2 aliphatic rings. The number of halogens is 6. The van der Waals surface area contributed by atoms with Gasteiger partial charge in [-0.2, -0.15) is 26.3 Å². The number of hydrogen-bond acceptors (Lipinski definition) is 3. The molecule has 9 heteroatoms. The summed E-state index contributed by atoms with van der Waals surface area (Å²) >= 11 is 0. The van der Waals surface area contributed by atoms with Gasteiger partial charge >= 0.3 is 12.4 Å². The molecule has 2 saturated carbocycles. The molecule has 0 radical (unpaired) electrons. The maximum absolute atomic E-state index is 13.2. The minimum Gasteiger partial charge on any atom is -0.390 e. The number of rotatable bonds is 8. The van der Waals surface area contributed by atoms with Gasteiger partial charge in [0.25, 0.3) is 5.60 Å². The first-order valence-corrected chi connectivity index (χ1v) is 11.1. The van der Waals surface area contributed by atoms with E-state index < -0.39 is 60.9 Å². The number of ketones is 1. The summed E-state index contributed by atoms with van der Waals surface area (Å²) < 4.78 is 125. The lowest BCUT2D eigenvalue weighted by Gasteiger charge is -2.48. The van der Waals surface area contributed by atoms with E-state index in [-0.39, 0.29) is 36.5 Å². The second-order valence-corrected chi connectivity index (χ2v) is 10.2. The zero-order chi connectivity index (χ0) is 30.5. The average Bonchev–Trinajstić information content (AvgIpc) is 3.09. The van der Waals surface area contributed by atoms with Crippen molar-refractivity contribution in [3.63, 3.8) is 0 Å². The predicted octanol–water partition coefficient (Wildman–Crippen LogP) is 6.52. The molecule has 0 spiro atoms. The molecule has 0 aromatic rings. The first-order chi connectivity index (χ1) is 17.3. The van der Waals surface area contributed by atoms with Gasteiger partial charge in [0.15, 0.2) is 0 Å². The minimum atomic E-state index is -6.05. The SMILES string of the molecule is [2H]C([2H])([2H])C(O)(CCC[C@](C)(CC=CC(O)(C(F)(F)F)C(F)(F)F)[C@H]1CCC2C(=O)CCC[C@@]21C)C([2H])([2H])[2H]. The molecule has 4 atom stereocenters. The topological polar surface area (TPSA) is 57.5 Å². The highest BCUT2D eigenvalue weighted by Gasteiger charge is 2.69. The van der Waals surface area contributed by atoms with E-state index in [2.05, 4.69) is 0 Å². The number of Topliss-reactive ketones (excluding diaryl/α,β-unsaturated/α-hetero) is 1. The van der Waals surface area contributed by atoms with Gasteiger partial charge in [0.05, 0.1) is 5.60 Å². The zero-order valence-corrected chi connectivity index (χ0v) is 18.7. The van der Waals surface area contributed by atoms with E-state index in [0.29, 0.717) is 38.2 Å². The third-order valence-electron chi connectivity index (χ3n) is 7.80. The van der Waals surface area contributed by atoms with Crippen LogP contribution in [-0.4, -0.2) is 39.6 Å². The maximum Gasteiger partial charge on any atom is 0.429 e. The lowest BCUT2D eigenvalue weighted by molar-refractivity contribution is -0.347. The molecule has 192 valence electrons. The number of carbonyl (C=O) groups excluding carboxylic acids is 1. The fourth-order valence-electron chi connectivity index (χ4n) is 6.09. The van der Waals surface area contributed by atoms with Gasteiger partial charge in [-0.25, -0.2) is 0 Å². The Kier molecular flexibility index (Phi) is 5.60. The zero-order valence-electron chi connectivity index (χ0n) is 24.7. The van der Waals surface area contributed by atoms with Gasteiger partial charge in [-0.1, -0.05) is 26.3 Å². The summed E-state index contributed by atoms with van der Waals surface area (Å²) in [6, 6.07) is 0. The summed E-state index contributed by atoms with van der Waals surface area (Å²) in [4.78, 5) is 12.6. The van der Waals surface area contributed by atoms with E-state index >= 15 is 0 Å². The molecule has 33 heavy (non-hydrogen) atoms. The predicted molar refractivity (Wildman–Crippen MR) is 112 cm³/mol. The molecule has 0 aromatic heterocycles. The Morgan fingerprint density at radius 1 is 1.09 bits per heavy atom. The van der Waals surface area contributed by atoms with Crippen molar-refractivity contribution in [1.29, 1.82) is 0 Å². The summed E-state index contributed by atoms with van der Waals surface area (Å²) in [5, 5.41) is 20.2. The number of fused-ring (bicyclic) bond motifs is 1. The summed E-state index contributed by atoms with van der Waals surface area (Å²) in [5.74, 6) is -0.697. The Balaban J connectivity index is 2.45. The third kappa shape index (κ3) is 5.77. The lowest BCUT2D eigenvalue weighted by Crippen LogP contribution is -2.55. The Morgan fingerprint density at radius 3 is 2.24 bits per heavy atom. The molecule has 2 aliphatic carbocycles. The normalized spacial score (nSPS) is 32.8. The van der Waals surface area contributed by atoms with Crippen LogP contribution in [0.3, 0.4) is 0 Å². The van der Waals surface area contributed by atoms with E-state index in [9.17, 15) is 41.4 Å². The molecule has 2 fully saturated rings. The Labute approximate surface area is 200 Å². The summed E-state index contributed by atoms with van der Waals surface area (Å²) in [6.07, 6.45) is -10.8. The fourth-order valence-corrected chi connectivity index (χ4v) is 6.09. The van der Waals surface area contributed by atoms with Crippen LogP contribution in [0.2, 0.25) is 0 Å². The van der Waals surface area contributed by atoms with Crippen molar-refractivity contribution >= 4 is 5.78 Å². The van der Waals surface area contributed by atoms with E-state index in [4.69, 9.17) is 8.22 Å². The molecule has 0 aliphatic heterocycles. The second kappa shape index (κ2) is 9.17. The Hall–Kier alpha value is -1.09. The van der Waals surface area contributed by atoms with E-state index in [1.165, 1.54) is 0 Å². The smallest absolute Gasteiger partial charge is 0.390 e. The van der Waals surface area contributed by atoms with Crippen LogP contribution in [0.25, 0.3) is 0 Å². The molecule has 0 aromatic carbocycles. The molecule has 2 N–H and O–H groups in total. The van der Waals surface area contributed by atoms with E-state index in [1.54, 1.807) is 6.92 Å². The van der Waals surface area contributed by atoms with Crippen LogP contribution in [0.5, 0.6) is 0 Å². The van der Waals surface area contributed by atoms with Crippen LogP contribution < -0.4 is 0 Å².